The van der Waals surface area contributed by atoms with E-state index in [0.29, 0.717) is 19.8 Å². The molecule has 27 heavy (non-hydrogen) atoms. The van der Waals surface area contributed by atoms with Crippen molar-refractivity contribution < 1.29 is 14.2 Å². The van der Waals surface area contributed by atoms with Crippen molar-refractivity contribution in [3.63, 3.8) is 0 Å². The number of hydrogen-bond donors (Lipinski definition) is 1. The van der Waals surface area contributed by atoms with Gasteiger partial charge in [-0.15, -0.1) is 0 Å². The fourth-order valence-electron chi connectivity index (χ4n) is 2.97. The Morgan fingerprint density at radius 2 is 1.48 bits per heavy atom. The molecule has 2 N–H and O–H groups in total. The third-order valence-corrected chi connectivity index (χ3v) is 4.52. The van der Waals surface area contributed by atoms with Gasteiger partial charge in [0.15, 0.2) is 11.5 Å². The molecule has 0 aliphatic rings. The molecule has 0 aliphatic carbocycles. The minimum Gasteiger partial charge on any atom is -0.493 e. The molecule has 0 saturated heterocycles. The van der Waals surface area contributed by atoms with Crippen LogP contribution in [-0.2, 0) is 18.3 Å². The number of nitrogens with two attached hydrogens (primary N) is 1. The number of ether oxygens (including phenoxy) is 3. The van der Waals surface area contributed by atoms with E-state index < -0.39 is 0 Å². The second-order valence-corrected chi connectivity index (χ2v) is 7.65. The molecule has 0 bridgehead atoms. The van der Waals surface area contributed by atoms with E-state index in [4.69, 9.17) is 19.9 Å². The molecule has 0 fully saturated rings. The molecule has 0 unspecified atom stereocenters. The van der Waals surface area contributed by atoms with E-state index in [-0.39, 0.29) is 5.41 Å². The summed E-state index contributed by atoms with van der Waals surface area (Å²) in [5.74, 6) is 2.37. The molecular formula is C23H33NO3. The van der Waals surface area contributed by atoms with Gasteiger partial charge in [-0.25, -0.2) is 0 Å². The van der Waals surface area contributed by atoms with Crippen molar-refractivity contribution in [1.29, 1.82) is 0 Å². The fraction of sp³-hybridized carbons (Fsp3) is 0.478. The van der Waals surface area contributed by atoms with Gasteiger partial charge in [0.25, 0.3) is 0 Å². The zero-order valence-corrected chi connectivity index (χ0v) is 17.3. The normalized spacial score (nSPS) is 11.3. The Bertz CT molecular complexity index is 735. The molecule has 0 atom stereocenters. The highest BCUT2D eigenvalue weighted by atomic mass is 16.5. The van der Waals surface area contributed by atoms with Gasteiger partial charge in [0, 0.05) is 0 Å². The summed E-state index contributed by atoms with van der Waals surface area (Å²) >= 11 is 0. The highest BCUT2D eigenvalue weighted by Crippen LogP contribution is 2.33. The van der Waals surface area contributed by atoms with E-state index in [9.17, 15) is 0 Å². The maximum absolute atomic E-state index is 6.05. The van der Waals surface area contributed by atoms with Crippen LogP contribution in [0.25, 0.3) is 0 Å². The molecule has 0 amide bonds. The van der Waals surface area contributed by atoms with Crippen molar-refractivity contribution >= 4 is 0 Å². The Kier molecular flexibility index (Phi) is 7.55. The van der Waals surface area contributed by atoms with Crippen molar-refractivity contribution in [3.8, 4) is 17.2 Å². The SMILES string of the molecule is CCc1ccc(OCCOc2cc(CCN)ccc2OC)c(C(C)(C)C)c1. The van der Waals surface area contributed by atoms with Gasteiger partial charge >= 0.3 is 0 Å². The third kappa shape index (κ3) is 5.90. The fourth-order valence-corrected chi connectivity index (χ4v) is 2.97. The van der Waals surface area contributed by atoms with Crippen LogP contribution in [0.1, 0.15) is 44.4 Å². The number of methoxy groups -OCH3 is 1. The summed E-state index contributed by atoms with van der Waals surface area (Å²) in [6.07, 6.45) is 1.83. The van der Waals surface area contributed by atoms with E-state index >= 15 is 0 Å². The summed E-state index contributed by atoms with van der Waals surface area (Å²) in [7, 11) is 1.65. The van der Waals surface area contributed by atoms with Gasteiger partial charge in [-0.2, -0.15) is 0 Å². The van der Waals surface area contributed by atoms with Crippen LogP contribution in [0.3, 0.4) is 0 Å². The maximum Gasteiger partial charge on any atom is 0.161 e. The quantitative estimate of drug-likeness (QED) is 0.659. The first-order chi connectivity index (χ1) is 12.9. The summed E-state index contributed by atoms with van der Waals surface area (Å²) in [6.45, 7) is 10.3. The number of rotatable bonds is 9. The molecule has 0 radical (unpaired) electrons. The van der Waals surface area contributed by atoms with Crippen LogP contribution < -0.4 is 19.9 Å². The third-order valence-electron chi connectivity index (χ3n) is 4.52. The predicted octanol–water partition coefficient (Wildman–Crippen LogP) is 4.51. The number of aryl methyl sites for hydroxylation is 1. The molecule has 4 nitrogen and oxygen atoms in total. The summed E-state index contributed by atoms with van der Waals surface area (Å²) < 4.78 is 17.4. The maximum atomic E-state index is 6.05. The molecule has 2 aromatic rings. The van der Waals surface area contributed by atoms with Crippen molar-refractivity contribution in [2.75, 3.05) is 26.9 Å². The number of hydrogen-bond acceptors (Lipinski definition) is 4. The molecule has 0 aromatic heterocycles. The van der Waals surface area contributed by atoms with Gasteiger partial charge in [0.05, 0.1) is 7.11 Å². The Morgan fingerprint density at radius 1 is 0.852 bits per heavy atom. The predicted molar refractivity (Wildman–Crippen MR) is 111 cm³/mol. The average Bonchev–Trinajstić information content (AvgIpc) is 2.65. The minimum absolute atomic E-state index is 0.0289. The molecule has 0 spiro atoms. The molecule has 2 rings (SSSR count). The van der Waals surface area contributed by atoms with E-state index in [1.54, 1.807) is 7.11 Å². The number of benzene rings is 2. The van der Waals surface area contributed by atoms with Gasteiger partial charge in [-0.1, -0.05) is 45.9 Å². The first-order valence-electron chi connectivity index (χ1n) is 9.65. The Labute approximate surface area is 163 Å². The Morgan fingerprint density at radius 3 is 2.07 bits per heavy atom. The van der Waals surface area contributed by atoms with Crippen molar-refractivity contribution in [2.45, 2.75) is 46.0 Å². The largest absolute Gasteiger partial charge is 0.493 e. The monoisotopic (exact) mass is 371 g/mol. The van der Waals surface area contributed by atoms with Crippen LogP contribution >= 0.6 is 0 Å². The van der Waals surface area contributed by atoms with Gasteiger partial charge in [-0.3, -0.25) is 0 Å². The van der Waals surface area contributed by atoms with Crippen LogP contribution in [0.5, 0.6) is 17.2 Å². The van der Waals surface area contributed by atoms with Crippen molar-refractivity contribution in [1.82, 2.24) is 0 Å². The van der Waals surface area contributed by atoms with Gasteiger partial charge in [0.2, 0.25) is 0 Å². The van der Waals surface area contributed by atoms with Gasteiger partial charge < -0.3 is 19.9 Å². The molecule has 0 saturated carbocycles. The van der Waals surface area contributed by atoms with Crippen molar-refractivity contribution in [2.24, 2.45) is 5.73 Å². The van der Waals surface area contributed by atoms with E-state index in [2.05, 4.69) is 45.9 Å². The lowest BCUT2D eigenvalue weighted by molar-refractivity contribution is 0.208. The van der Waals surface area contributed by atoms with Crippen LogP contribution in [0, 0.1) is 0 Å². The second kappa shape index (κ2) is 9.65. The second-order valence-electron chi connectivity index (χ2n) is 7.65. The van der Waals surface area contributed by atoms with Gasteiger partial charge in [0.1, 0.15) is 19.0 Å². The van der Waals surface area contributed by atoms with Crippen molar-refractivity contribution in [3.05, 3.63) is 53.1 Å². The Hall–Kier alpha value is -2.20. The lowest BCUT2D eigenvalue weighted by atomic mass is 9.85. The molecule has 0 heterocycles. The summed E-state index contributed by atoms with van der Waals surface area (Å²) in [6, 6.07) is 12.4. The van der Waals surface area contributed by atoms with Crippen LogP contribution in [-0.4, -0.2) is 26.9 Å². The smallest absolute Gasteiger partial charge is 0.161 e. The molecule has 2 aromatic carbocycles. The van der Waals surface area contributed by atoms with Gasteiger partial charge in [-0.05, 0) is 59.7 Å². The average molecular weight is 372 g/mol. The van der Waals surface area contributed by atoms with Crippen LogP contribution in [0.15, 0.2) is 36.4 Å². The standard InChI is InChI=1S/C23H33NO3/c1-6-17-7-9-20(19(15-17)23(2,3)4)26-13-14-27-22-16-18(11-12-24)8-10-21(22)25-5/h7-10,15-16H,6,11-14,24H2,1-5H3. The first kappa shape index (κ1) is 21.1. The summed E-state index contributed by atoms with van der Waals surface area (Å²) in [4.78, 5) is 0. The lowest BCUT2D eigenvalue weighted by Gasteiger charge is -2.24. The Balaban J connectivity index is 2.02. The highest BCUT2D eigenvalue weighted by molar-refractivity contribution is 5.43. The van der Waals surface area contributed by atoms with E-state index in [1.807, 2.05) is 18.2 Å². The molecule has 4 heteroatoms. The zero-order chi connectivity index (χ0) is 19.9. The highest BCUT2D eigenvalue weighted by Gasteiger charge is 2.19. The summed E-state index contributed by atoms with van der Waals surface area (Å²) in [5, 5.41) is 0. The van der Waals surface area contributed by atoms with E-state index in [0.717, 1.165) is 35.7 Å². The molecular weight excluding hydrogens is 338 g/mol. The summed E-state index contributed by atoms with van der Waals surface area (Å²) in [5.41, 5.74) is 9.36. The lowest BCUT2D eigenvalue weighted by Crippen LogP contribution is -2.16. The minimum atomic E-state index is 0.0289. The van der Waals surface area contributed by atoms with E-state index in [1.165, 1.54) is 11.1 Å². The zero-order valence-electron chi connectivity index (χ0n) is 17.3. The van der Waals surface area contributed by atoms with Crippen LogP contribution in [0.2, 0.25) is 0 Å². The van der Waals surface area contributed by atoms with Crippen LogP contribution in [0.4, 0.5) is 0 Å². The first-order valence-corrected chi connectivity index (χ1v) is 9.65. The molecule has 0 aliphatic heterocycles. The topological polar surface area (TPSA) is 53.7 Å². The molecule has 148 valence electrons.